The number of anilines is 1. The predicted octanol–water partition coefficient (Wildman–Crippen LogP) is 3.66. The number of aromatic nitrogens is 2. The van der Waals surface area contributed by atoms with Crippen LogP contribution in [0, 0.1) is 0 Å². The molecule has 0 aliphatic carbocycles. The number of hydrogen-bond acceptors (Lipinski definition) is 9. The average Bonchev–Trinajstić information content (AvgIpc) is 3.22. The molecule has 2 aromatic carbocycles. The Balaban J connectivity index is 1.54. The van der Waals surface area contributed by atoms with E-state index in [1.807, 2.05) is 24.3 Å². The lowest BCUT2D eigenvalue weighted by Gasteiger charge is -2.27. The van der Waals surface area contributed by atoms with Gasteiger partial charge in [-0.2, -0.15) is 5.10 Å². The van der Waals surface area contributed by atoms with Gasteiger partial charge >= 0.3 is 5.97 Å². The molecule has 8 nitrogen and oxygen atoms in total. The van der Waals surface area contributed by atoms with Crippen LogP contribution in [-0.4, -0.2) is 48.5 Å². The van der Waals surface area contributed by atoms with Crippen LogP contribution in [0.25, 0.3) is 21.5 Å². The van der Waals surface area contributed by atoms with E-state index in [0.29, 0.717) is 22.0 Å². The number of carbonyl (C=O) groups is 1. The molecule has 0 fully saturated rings. The van der Waals surface area contributed by atoms with Crippen molar-refractivity contribution >= 4 is 50.1 Å². The smallest absolute Gasteiger partial charge is 0.354 e. The summed E-state index contributed by atoms with van der Waals surface area (Å²) in [5.74, 6) is -1.11. The van der Waals surface area contributed by atoms with E-state index in [1.54, 1.807) is 30.3 Å². The van der Waals surface area contributed by atoms with Crippen LogP contribution in [0.3, 0.4) is 0 Å². The summed E-state index contributed by atoms with van der Waals surface area (Å²) in [7, 11) is 0. The van der Waals surface area contributed by atoms with Crippen molar-refractivity contribution in [2.45, 2.75) is 16.4 Å². The lowest BCUT2D eigenvalue weighted by molar-refractivity contribution is 0.0690. The van der Waals surface area contributed by atoms with Crippen molar-refractivity contribution in [3.8, 4) is 11.3 Å². The number of benzene rings is 2. The molecule has 32 heavy (non-hydrogen) atoms. The first-order chi connectivity index (χ1) is 15.5. The third-order valence-electron chi connectivity index (χ3n) is 4.88. The number of aliphatic hydroxyl groups is 2. The van der Waals surface area contributed by atoms with Crippen LogP contribution < -0.4 is 5.43 Å². The maximum Gasteiger partial charge on any atom is 0.354 e. The molecule has 1 aliphatic rings. The number of aromatic carboxylic acids is 1. The van der Waals surface area contributed by atoms with Gasteiger partial charge in [0.05, 0.1) is 15.9 Å². The van der Waals surface area contributed by atoms with Gasteiger partial charge in [0.15, 0.2) is 0 Å². The van der Waals surface area contributed by atoms with Gasteiger partial charge in [-0.1, -0.05) is 47.4 Å². The summed E-state index contributed by atoms with van der Waals surface area (Å²) in [6.45, 7) is 0. The Labute approximate surface area is 190 Å². The molecule has 2 unspecified atom stereocenters. The van der Waals surface area contributed by atoms with Gasteiger partial charge in [-0.05, 0) is 36.4 Å². The molecule has 0 bridgehead atoms. The number of nitrogens with one attached hydrogen (secondary N) is 1. The van der Waals surface area contributed by atoms with Gasteiger partial charge in [0, 0.05) is 16.0 Å². The number of carboxylic acid groups (broad SMARTS) is 1. The number of para-hydroxylation sites is 1. The molecule has 0 radical (unpaired) electrons. The number of carboxylic acids is 1. The maximum atomic E-state index is 11.3. The van der Waals surface area contributed by atoms with Gasteiger partial charge in [0.2, 0.25) is 5.13 Å². The second-order valence-corrected chi connectivity index (χ2v) is 9.16. The fourth-order valence-corrected chi connectivity index (χ4v) is 5.11. The van der Waals surface area contributed by atoms with E-state index in [-0.39, 0.29) is 11.4 Å². The first-order valence-electron chi connectivity index (χ1n) is 9.57. The molecule has 2 aromatic heterocycles. The number of thiazole rings is 1. The van der Waals surface area contributed by atoms with E-state index < -0.39 is 17.5 Å². The monoisotopic (exact) mass is 464 g/mol. The number of thioether (sulfide) groups is 1. The van der Waals surface area contributed by atoms with Crippen LogP contribution in [-0.2, 0) is 0 Å². The zero-order valence-corrected chi connectivity index (χ0v) is 18.0. The molecule has 10 heteroatoms. The highest BCUT2D eigenvalue weighted by Crippen LogP contribution is 2.37. The van der Waals surface area contributed by atoms with Crippen LogP contribution >= 0.6 is 23.1 Å². The molecule has 1 aliphatic heterocycles. The summed E-state index contributed by atoms with van der Waals surface area (Å²) in [5, 5.41) is 35.1. The van der Waals surface area contributed by atoms with Gasteiger partial charge in [0.25, 0.3) is 0 Å². The van der Waals surface area contributed by atoms with Gasteiger partial charge in [0.1, 0.15) is 22.9 Å². The maximum absolute atomic E-state index is 11.3. The third kappa shape index (κ3) is 3.84. The van der Waals surface area contributed by atoms with Crippen molar-refractivity contribution in [1.29, 1.82) is 0 Å². The Morgan fingerprint density at radius 2 is 1.88 bits per heavy atom. The lowest BCUT2D eigenvalue weighted by atomic mass is 10.0. The predicted molar refractivity (Wildman–Crippen MR) is 124 cm³/mol. The van der Waals surface area contributed by atoms with Crippen LogP contribution in [0.15, 0.2) is 70.7 Å². The largest absolute Gasteiger partial charge is 0.477 e. The number of aliphatic hydroxyl groups excluding tert-OH is 2. The number of rotatable bonds is 4. The Morgan fingerprint density at radius 3 is 2.69 bits per heavy atom. The Hall–Kier alpha value is -3.31. The molecular formula is C22H16N4O4S2. The third-order valence-corrected chi connectivity index (χ3v) is 6.93. The summed E-state index contributed by atoms with van der Waals surface area (Å²) < 4.78 is 1.00. The molecule has 2 atom stereocenters. The first kappa shape index (κ1) is 20.6. The molecule has 4 aromatic rings. The van der Waals surface area contributed by atoms with Crippen molar-refractivity contribution in [2.24, 2.45) is 5.10 Å². The van der Waals surface area contributed by atoms with E-state index in [1.165, 1.54) is 17.4 Å². The van der Waals surface area contributed by atoms with Gasteiger partial charge in [-0.3, -0.25) is 5.43 Å². The molecule has 0 saturated heterocycles. The van der Waals surface area contributed by atoms with Gasteiger partial charge < -0.3 is 15.3 Å². The summed E-state index contributed by atoms with van der Waals surface area (Å²) in [5.41, 5.74) is 4.66. The quantitative estimate of drug-likeness (QED) is 0.337. The second kappa shape index (κ2) is 8.32. The van der Waals surface area contributed by atoms with E-state index >= 15 is 0 Å². The molecule has 160 valence electrons. The fourth-order valence-electron chi connectivity index (χ4n) is 3.35. The molecule has 0 amide bonds. The van der Waals surface area contributed by atoms with Crippen LogP contribution in [0.2, 0.25) is 0 Å². The summed E-state index contributed by atoms with van der Waals surface area (Å²) in [4.78, 5) is 20.7. The number of pyridine rings is 1. The lowest BCUT2D eigenvalue weighted by Crippen LogP contribution is -2.36. The van der Waals surface area contributed by atoms with Crippen LogP contribution in [0.1, 0.15) is 16.1 Å². The Bertz CT molecular complexity index is 1340. The molecule has 4 N–H and O–H groups in total. The topological polar surface area (TPSA) is 128 Å². The van der Waals surface area contributed by atoms with Crippen molar-refractivity contribution in [3.05, 3.63) is 71.9 Å². The van der Waals surface area contributed by atoms with Crippen molar-refractivity contribution in [2.75, 3.05) is 5.43 Å². The minimum atomic E-state index is -1.22. The Morgan fingerprint density at radius 1 is 1.03 bits per heavy atom. The van der Waals surface area contributed by atoms with Gasteiger partial charge in [-0.15, -0.1) is 0 Å². The fraction of sp³-hybridized carbons (Fsp3) is 0.0909. The van der Waals surface area contributed by atoms with Crippen molar-refractivity contribution in [1.82, 2.24) is 9.97 Å². The summed E-state index contributed by atoms with van der Waals surface area (Å²) >= 11 is 2.56. The van der Waals surface area contributed by atoms with Gasteiger partial charge in [-0.25, -0.2) is 14.8 Å². The molecule has 5 rings (SSSR count). The van der Waals surface area contributed by atoms with Crippen LogP contribution in [0.4, 0.5) is 5.13 Å². The highest BCUT2D eigenvalue weighted by atomic mass is 32.2. The minimum absolute atomic E-state index is 0.0588. The van der Waals surface area contributed by atoms with Crippen molar-refractivity contribution in [3.63, 3.8) is 0 Å². The van der Waals surface area contributed by atoms with E-state index in [0.717, 1.165) is 26.9 Å². The molecule has 0 spiro atoms. The number of hydrogen-bond donors (Lipinski definition) is 4. The van der Waals surface area contributed by atoms with Crippen LogP contribution in [0.5, 0.6) is 0 Å². The second-order valence-electron chi connectivity index (χ2n) is 6.97. The number of nitrogens with zero attached hydrogens (tertiary/aromatic N) is 3. The minimum Gasteiger partial charge on any atom is -0.477 e. The molecule has 3 heterocycles. The highest BCUT2D eigenvalue weighted by molar-refractivity contribution is 8.00. The highest BCUT2D eigenvalue weighted by Gasteiger charge is 2.32. The van der Waals surface area contributed by atoms with E-state index in [9.17, 15) is 20.1 Å². The molecule has 0 saturated carbocycles. The SMILES string of the molecule is O=C(O)c1cccc(-c2ccc3c(c2)C(=NNc2nc4ccccc4s2)C(O)C(O)S3)n1. The zero-order chi connectivity index (χ0) is 22.2. The number of fused-ring (bicyclic) bond motifs is 2. The normalized spacial score (nSPS) is 19.1. The standard InChI is InChI=1S/C22H16N4O4S2/c27-19-18(25-26-22-24-14-4-1-2-7-17(14)32-22)12-10-11(8-9-16(12)31-21(19)30)13-5-3-6-15(23-13)20(28)29/h1-10,19,21,27,30H,(H,24,26)(H,28,29). The molecular weight excluding hydrogens is 448 g/mol. The summed E-state index contributed by atoms with van der Waals surface area (Å²) in [6, 6.07) is 17.8. The van der Waals surface area contributed by atoms with E-state index in [4.69, 9.17) is 0 Å². The van der Waals surface area contributed by atoms with E-state index in [2.05, 4.69) is 20.5 Å². The first-order valence-corrected chi connectivity index (χ1v) is 11.3. The average molecular weight is 465 g/mol. The summed E-state index contributed by atoms with van der Waals surface area (Å²) in [6.07, 6.45) is -1.22. The Kier molecular flexibility index (Phi) is 5.35. The zero-order valence-electron chi connectivity index (χ0n) is 16.3. The number of hydrazone groups is 1. The van der Waals surface area contributed by atoms with Crippen molar-refractivity contribution < 1.29 is 20.1 Å².